The monoisotopic (exact) mass is 370 g/mol. The van der Waals surface area contributed by atoms with Gasteiger partial charge in [0, 0.05) is 5.39 Å². The van der Waals surface area contributed by atoms with E-state index in [9.17, 15) is 9.59 Å². The van der Waals surface area contributed by atoms with E-state index in [-0.39, 0.29) is 5.56 Å². The van der Waals surface area contributed by atoms with Gasteiger partial charge in [0.2, 0.25) is 0 Å². The number of halogens is 1. The first-order valence-electron chi connectivity index (χ1n) is 7.70. The molecule has 0 amide bonds. The molecule has 0 bridgehead atoms. The Kier molecular flexibility index (Phi) is 5.09. The van der Waals surface area contributed by atoms with Crippen LogP contribution in [0.2, 0.25) is 5.02 Å². The van der Waals surface area contributed by atoms with Crippen molar-refractivity contribution in [1.29, 1.82) is 0 Å². The van der Waals surface area contributed by atoms with E-state index in [0.29, 0.717) is 33.1 Å². The fourth-order valence-electron chi connectivity index (χ4n) is 2.53. The van der Waals surface area contributed by atoms with Crippen molar-refractivity contribution in [3.63, 3.8) is 0 Å². The van der Waals surface area contributed by atoms with Gasteiger partial charge in [-0.1, -0.05) is 35.9 Å². The Balaban J connectivity index is 1.94. The van der Waals surface area contributed by atoms with Gasteiger partial charge in [0.15, 0.2) is 17.3 Å². The summed E-state index contributed by atoms with van der Waals surface area (Å²) in [4.78, 5) is 24.5. The maximum atomic E-state index is 12.4. The molecule has 0 unspecified atom stereocenters. The molecule has 0 fully saturated rings. The third kappa shape index (κ3) is 3.48. The average molecular weight is 371 g/mol. The van der Waals surface area contributed by atoms with Crippen molar-refractivity contribution in [2.24, 2.45) is 0 Å². The number of methoxy groups -OCH3 is 2. The Hall–Kier alpha value is -3.05. The molecular weight excluding hydrogens is 356 g/mol. The lowest BCUT2D eigenvalue weighted by Gasteiger charge is -2.10. The van der Waals surface area contributed by atoms with Gasteiger partial charge in [-0.25, -0.2) is 4.79 Å². The van der Waals surface area contributed by atoms with Crippen molar-refractivity contribution >= 4 is 34.4 Å². The highest BCUT2D eigenvalue weighted by molar-refractivity contribution is 6.32. The smallest absolute Gasteiger partial charge is 0.347 e. The SMILES string of the molecule is COc1cc(/C=C/C(=O)c2cc3ccccc3oc2=O)cc(Cl)c1OC. The van der Waals surface area contributed by atoms with E-state index in [1.165, 1.54) is 26.4 Å². The minimum atomic E-state index is -0.677. The number of carbonyl (C=O) groups excluding carboxylic acids is 1. The minimum Gasteiger partial charge on any atom is -0.493 e. The third-order valence-corrected chi connectivity index (χ3v) is 4.07. The second kappa shape index (κ2) is 7.45. The number of hydrogen-bond donors (Lipinski definition) is 0. The molecule has 132 valence electrons. The van der Waals surface area contributed by atoms with E-state index in [1.807, 2.05) is 0 Å². The highest BCUT2D eigenvalue weighted by Gasteiger charge is 2.12. The summed E-state index contributed by atoms with van der Waals surface area (Å²) in [6, 6.07) is 11.8. The fraction of sp³-hybridized carbons (Fsp3) is 0.100. The number of ether oxygens (including phenoxy) is 2. The number of hydrogen-bond acceptors (Lipinski definition) is 5. The number of ketones is 1. The Morgan fingerprint density at radius 1 is 1.12 bits per heavy atom. The largest absolute Gasteiger partial charge is 0.493 e. The summed E-state index contributed by atoms with van der Waals surface area (Å²) < 4.78 is 15.6. The first-order chi connectivity index (χ1) is 12.5. The van der Waals surface area contributed by atoms with E-state index < -0.39 is 11.4 Å². The van der Waals surface area contributed by atoms with E-state index in [4.69, 9.17) is 25.5 Å². The molecule has 2 aromatic carbocycles. The Labute approximate surface area is 154 Å². The molecule has 6 heteroatoms. The van der Waals surface area contributed by atoms with E-state index in [1.54, 1.807) is 42.5 Å². The molecule has 0 atom stereocenters. The molecule has 0 aliphatic rings. The van der Waals surface area contributed by atoms with Crippen LogP contribution in [-0.2, 0) is 0 Å². The van der Waals surface area contributed by atoms with Gasteiger partial charge < -0.3 is 13.9 Å². The first-order valence-corrected chi connectivity index (χ1v) is 8.08. The van der Waals surface area contributed by atoms with Gasteiger partial charge >= 0.3 is 5.63 Å². The number of para-hydroxylation sites is 1. The van der Waals surface area contributed by atoms with Crippen LogP contribution in [0.4, 0.5) is 0 Å². The molecule has 0 aliphatic carbocycles. The summed E-state index contributed by atoms with van der Waals surface area (Å²) in [5.41, 5.74) is 0.353. The van der Waals surface area contributed by atoms with Crippen molar-refractivity contribution in [3.8, 4) is 11.5 Å². The maximum absolute atomic E-state index is 12.4. The van der Waals surface area contributed by atoms with Crippen LogP contribution in [0.1, 0.15) is 15.9 Å². The van der Waals surface area contributed by atoms with Crippen LogP contribution in [-0.4, -0.2) is 20.0 Å². The summed E-state index contributed by atoms with van der Waals surface area (Å²) >= 11 is 6.15. The van der Waals surface area contributed by atoms with E-state index in [2.05, 4.69) is 0 Å². The molecule has 0 spiro atoms. The molecule has 26 heavy (non-hydrogen) atoms. The summed E-state index contributed by atoms with van der Waals surface area (Å²) in [5, 5.41) is 1.03. The molecule has 0 radical (unpaired) electrons. The molecular formula is C20H15ClO5. The maximum Gasteiger partial charge on any atom is 0.347 e. The molecule has 1 aromatic heterocycles. The number of benzene rings is 2. The predicted molar refractivity (Wildman–Crippen MR) is 100 cm³/mol. The topological polar surface area (TPSA) is 65.7 Å². The van der Waals surface area contributed by atoms with Crippen molar-refractivity contribution < 1.29 is 18.7 Å². The summed E-state index contributed by atoms with van der Waals surface area (Å²) in [7, 11) is 2.98. The van der Waals surface area contributed by atoms with Crippen LogP contribution in [0.3, 0.4) is 0 Å². The normalized spacial score (nSPS) is 11.0. The molecule has 0 saturated heterocycles. The highest BCUT2D eigenvalue weighted by atomic mass is 35.5. The van der Waals surface area contributed by atoms with Crippen LogP contribution < -0.4 is 15.1 Å². The van der Waals surface area contributed by atoms with Gasteiger partial charge in [0.1, 0.15) is 11.1 Å². The van der Waals surface area contributed by atoms with Gasteiger partial charge in [0.05, 0.1) is 19.2 Å². The van der Waals surface area contributed by atoms with Gasteiger partial charge in [-0.3, -0.25) is 4.79 Å². The molecule has 3 rings (SSSR count). The number of fused-ring (bicyclic) bond motifs is 1. The van der Waals surface area contributed by atoms with Gasteiger partial charge in [-0.15, -0.1) is 0 Å². The molecule has 3 aromatic rings. The molecule has 0 aliphatic heterocycles. The molecule has 5 nitrogen and oxygen atoms in total. The van der Waals surface area contributed by atoms with Crippen molar-refractivity contribution in [3.05, 3.63) is 75.1 Å². The highest BCUT2D eigenvalue weighted by Crippen LogP contribution is 2.36. The van der Waals surface area contributed by atoms with Crippen LogP contribution in [0.5, 0.6) is 11.5 Å². The van der Waals surface area contributed by atoms with Crippen LogP contribution in [0, 0.1) is 0 Å². The van der Waals surface area contributed by atoms with Crippen LogP contribution in [0.15, 0.2) is 57.8 Å². The number of rotatable bonds is 5. The van der Waals surface area contributed by atoms with Gasteiger partial charge in [-0.2, -0.15) is 0 Å². The summed E-state index contributed by atoms with van der Waals surface area (Å²) in [6.07, 6.45) is 2.84. The zero-order valence-corrected chi connectivity index (χ0v) is 14.9. The Bertz CT molecular complexity index is 1070. The standard InChI is InChI=1S/C20H15ClO5/c1-24-18-10-12(9-15(21)19(18)25-2)7-8-16(22)14-11-13-5-3-4-6-17(13)26-20(14)23/h3-11H,1-2H3/b8-7+. The van der Waals surface area contributed by atoms with Gasteiger partial charge in [0.25, 0.3) is 0 Å². The van der Waals surface area contributed by atoms with Crippen LogP contribution in [0.25, 0.3) is 17.0 Å². The number of allylic oxidation sites excluding steroid dienone is 1. The lowest BCUT2D eigenvalue weighted by molar-refractivity contribution is 0.104. The van der Waals surface area contributed by atoms with E-state index >= 15 is 0 Å². The fourth-order valence-corrected chi connectivity index (χ4v) is 2.83. The zero-order chi connectivity index (χ0) is 18.7. The quantitative estimate of drug-likeness (QED) is 0.379. The summed E-state index contributed by atoms with van der Waals surface area (Å²) in [6.45, 7) is 0. The Morgan fingerprint density at radius 3 is 2.62 bits per heavy atom. The second-order valence-electron chi connectivity index (χ2n) is 5.42. The van der Waals surface area contributed by atoms with Crippen molar-refractivity contribution in [2.75, 3.05) is 14.2 Å². The van der Waals surface area contributed by atoms with Crippen LogP contribution >= 0.6 is 11.6 Å². The van der Waals surface area contributed by atoms with E-state index in [0.717, 1.165) is 0 Å². The number of carbonyl (C=O) groups is 1. The lowest BCUT2D eigenvalue weighted by atomic mass is 10.1. The molecule has 0 N–H and O–H groups in total. The summed E-state index contributed by atoms with van der Waals surface area (Å²) in [5.74, 6) is 0.389. The molecule has 0 saturated carbocycles. The van der Waals surface area contributed by atoms with Crippen molar-refractivity contribution in [2.45, 2.75) is 0 Å². The minimum absolute atomic E-state index is 0.0356. The predicted octanol–water partition coefficient (Wildman–Crippen LogP) is 4.36. The molecule has 1 heterocycles. The average Bonchev–Trinajstić information content (AvgIpc) is 2.64. The third-order valence-electron chi connectivity index (χ3n) is 3.79. The lowest BCUT2D eigenvalue weighted by Crippen LogP contribution is -2.11. The van der Waals surface area contributed by atoms with Gasteiger partial charge in [-0.05, 0) is 35.9 Å². The van der Waals surface area contributed by atoms with Crippen molar-refractivity contribution in [1.82, 2.24) is 0 Å². The Morgan fingerprint density at radius 2 is 1.88 bits per heavy atom. The second-order valence-corrected chi connectivity index (χ2v) is 5.83. The first kappa shape index (κ1) is 17.8. The zero-order valence-electron chi connectivity index (χ0n) is 14.1.